The van der Waals surface area contributed by atoms with Crippen LogP contribution in [0, 0.1) is 10.1 Å². The summed E-state index contributed by atoms with van der Waals surface area (Å²) in [7, 11) is -2.71. The molecule has 0 atom stereocenters. The van der Waals surface area contributed by atoms with Gasteiger partial charge in [-0.1, -0.05) is 11.6 Å². The molecule has 6 nitrogen and oxygen atoms in total. The number of nitrogens with one attached hydrogen (secondary N) is 1. The first-order valence-corrected chi connectivity index (χ1v) is 5.62. The van der Waals surface area contributed by atoms with Gasteiger partial charge < -0.3 is 0 Å². The van der Waals surface area contributed by atoms with Crippen LogP contribution in [0.15, 0.2) is 23.1 Å². The molecule has 82 valence electrons. The molecule has 0 radical (unpaired) electrons. The van der Waals surface area contributed by atoms with Crippen LogP contribution in [0.3, 0.4) is 0 Å². The highest BCUT2D eigenvalue weighted by molar-refractivity contribution is 7.89. The van der Waals surface area contributed by atoms with E-state index in [-0.39, 0.29) is 5.02 Å². The molecule has 0 aliphatic rings. The number of nitro groups is 1. The minimum atomic E-state index is -3.87. The van der Waals surface area contributed by atoms with Gasteiger partial charge in [-0.3, -0.25) is 10.1 Å². The van der Waals surface area contributed by atoms with Crippen molar-refractivity contribution >= 4 is 27.3 Å². The van der Waals surface area contributed by atoms with Gasteiger partial charge in [-0.2, -0.15) is 0 Å². The molecule has 1 aromatic carbocycles. The second-order valence-electron chi connectivity index (χ2n) is 2.58. The number of hydrogen-bond acceptors (Lipinski definition) is 4. The molecule has 0 bridgehead atoms. The molecule has 0 aromatic heterocycles. The highest BCUT2D eigenvalue weighted by atomic mass is 35.5. The lowest BCUT2D eigenvalue weighted by atomic mass is 10.3. The van der Waals surface area contributed by atoms with E-state index in [1.54, 1.807) is 0 Å². The first kappa shape index (κ1) is 11.9. The Balaban J connectivity index is 3.51. The molecule has 0 fully saturated rings. The topological polar surface area (TPSA) is 89.3 Å². The maximum atomic E-state index is 11.4. The number of nitrogens with zero attached hydrogens (tertiary/aromatic N) is 1. The van der Waals surface area contributed by atoms with E-state index < -0.39 is 25.5 Å². The summed E-state index contributed by atoms with van der Waals surface area (Å²) in [6, 6.07) is 3.34. The zero-order valence-corrected chi connectivity index (χ0v) is 9.17. The third-order valence-corrected chi connectivity index (χ3v) is 3.36. The molecule has 0 heterocycles. The Bertz CT molecular complexity index is 500. The summed E-state index contributed by atoms with van der Waals surface area (Å²) in [5.74, 6) is 0. The molecule has 0 aliphatic heterocycles. The van der Waals surface area contributed by atoms with Crippen LogP contribution in [0.4, 0.5) is 5.69 Å². The highest BCUT2D eigenvalue weighted by Crippen LogP contribution is 2.26. The molecule has 8 heteroatoms. The van der Waals surface area contributed by atoms with Crippen LogP contribution < -0.4 is 4.72 Å². The second-order valence-corrected chi connectivity index (χ2v) is 4.87. The average Bonchev–Trinajstić information content (AvgIpc) is 2.17. The van der Waals surface area contributed by atoms with E-state index in [0.29, 0.717) is 0 Å². The highest BCUT2D eigenvalue weighted by Gasteiger charge is 2.24. The molecule has 15 heavy (non-hydrogen) atoms. The third kappa shape index (κ3) is 2.44. The van der Waals surface area contributed by atoms with Crippen molar-refractivity contribution in [1.29, 1.82) is 0 Å². The van der Waals surface area contributed by atoms with Crippen LogP contribution in [-0.4, -0.2) is 20.4 Å². The summed E-state index contributed by atoms with van der Waals surface area (Å²) in [4.78, 5) is 9.35. The van der Waals surface area contributed by atoms with E-state index in [2.05, 4.69) is 0 Å². The molecule has 1 rings (SSSR count). The predicted molar refractivity (Wildman–Crippen MR) is 54.4 cm³/mol. The standard InChI is InChI=1S/C7H7ClN2O4S/c1-9-15(13,14)7-4-5(8)2-3-6(7)10(11)12/h2-4,9H,1H3. The third-order valence-electron chi connectivity index (χ3n) is 1.68. The summed E-state index contributed by atoms with van der Waals surface area (Å²) < 4.78 is 24.8. The van der Waals surface area contributed by atoms with Crippen molar-refractivity contribution in [1.82, 2.24) is 4.72 Å². The molecule has 0 saturated carbocycles. The summed E-state index contributed by atoms with van der Waals surface area (Å²) in [6.07, 6.45) is 0. The molecular weight excluding hydrogens is 244 g/mol. The molecule has 1 aromatic rings. The average molecular weight is 251 g/mol. The minimum Gasteiger partial charge on any atom is -0.258 e. The number of hydrogen-bond donors (Lipinski definition) is 1. The summed E-state index contributed by atoms with van der Waals surface area (Å²) in [5, 5.41) is 10.7. The Labute approximate surface area is 91.1 Å². The molecule has 1 N–H and O–H groups in total. The normalized spacial score (nSPS) is 11.3. The number of halogens is 1. The van der Waals surface area contributed by atoms with Gasteiger partial charge in [-0.25, -0.2) is 13.1 Å². The SMILES string of the molecule is CNS(=O)(=O)c1cc(Cl)ccc1[N+](=O)[O-]. The van der Waals surface area contributed by atoms with E-state index in [1.807, 2.05) is 4.72 Å². The van der Waals surface area contributed by atoms with Gasteiger partial charge in [0.1, 0.15) is 0 Å². The Morgan fingerprint density at radius 1 is 1.47 bits per heavy atom. The fourth-order valence-electron chi connectivity index (χ4n) is 0.964. The molecule has 0 spiro atoms. The van der Waals surface area contributed by atoms with Crippen LogP contribution in [-0.2, 0) is 10.0 Å². The molecule has 0 unspecified atom stereocenters. The van der Waals surface area contributed by atoms with E-state index in [0.717, 1.165) is 12.1 Å². The number of nitro benzene ring substituents is 1. The number of sulfonamides is 1. The number of benzene rings is 1. The van der Waals surface area contributed by atoms with E-state index >= 15 is 0 Å². The van der Waals surface area contributed by atoms with Crippen LogP contribution in [0.5, 0.6) is 0 Å². The van der Waals surface area contributed by atoms with Crippen LogP contribution in [0.1, 0.15) is 0 Å². The van der Waals surface area contributed by atoms with E-state index in [9.17, 15) is 18.5 Å². The van der Waals surface area contributed by atoms with Crippen LogP contribution in [0.2, 0.25) is 5.02 Å². The summed E-state index contributed by atoms with van der Waals surface area (Å²) >= 11 is 5.57. The summed E-state index contributed by atoms with van der Waals surface area (Å²) in [6.45, 7) is 0. The first-order chi connectivity index (χ1) is 6.88. The van der Waals surface area contributed by atoms with Gasteiger partial charge >= 0.3 is 0 Å². The smallest absolute Gasteiger partial charge is 0.258 e. The Morgan fingerprint density at radius 2 is 2.07 bits per heavy atom. The molecule has 0 saturated heterocycles. The Morgan fingerprint density at radius 3 is 2.53 bits per heavy atom. The van der Waals surface area contributed by atoms with E-state index in [4.69, 9.17) is 11.6 Å². The van der Waals surface area contributed by atoms with Gasteiger partial charge in [0.25, 0.3) is 5.69 Å². The lowest BCUT2D eigenvalue weighted by Gasteiger charge is -2.03. The number of rotatable bonds is 3. The molecule has 0 aliphatic carbocycles. The van der Waals surface area contributed by atoms with Crippen molar-refractivity contribution in [2.45, 2.75) is 4.90 Å². The largest absolute Gasteiger partial charge is 0.289 e. The first-order valence-electron chi connectivity index (χ1n) is 3.76. The molecule has 0 amide bonds. The van der Waals surface area contributed by atoms with Gasteiger partial charge in [-0.15, -0.1) is 0 Å². The van der Waals surface area contributed by atoms with Gasteiger partial charge in [0.15, 0.2) is 4.90 Å². The van der Waals surface area contributed by atoms with Gasteiger partial charge in [0.2, 0.25) is 10.0 Å². The van der Waals surface area contributed by atoms with Gasteiger partial charge in [0, 0.05) is 11.1 Å². The maximum Gasteiger partial charge on any atom is 0.289 e. The zero-order valence-electron chi connectivity index (χ0n) is 7.60. The van der Waals surface area contributed by atoms with Gasteiger partial charge in [-0.05, 0) is 19.2 Å². The lowest BCUT2D eigenvalue weighted by molar-refractivity contribution is -0.387. The molecular formula is C7H7ClN2O4S. The Kier molecular flexibility index (Phi) is 3.28. The van der Waals surface area contributed by atoms with Crippen molar-refractivity contribution in [2.24, 2.45) is 0 Å². The monoisotopic (exact) mass is 250 g/mol. The fraction of sp³-hybridized carbons (Fsp3) is 0.143. The van der Waals surface area contributed by atoms with Crippen molar-refractivity contribution in [2.75, 3.05) is 7.05 Å². The summed E-state index contributed by atoms with van der Waals surface area (Å²) in [5.41, 5.74) is -0.506. The Hall–Kier alpha value is -1.18. The van der Waals surface area contributed by atoms with Crippen molar-refractivity contribution < 1.29 is 13.3 Å². The van der Waals surface area contributed by atoms with E-state index in [1.165, 1.54) is 13.1 Å². The zero-order chi connectivity index (χ0) is 11.6. The fourth-order valence-corrected chi connectivity index (χ4v) is 2.12. The van der Waals surface area contributed by atoms with Crippen molar-refractivity contribution in [3.8, 4) is 0 Å². The van der Waals surface area contributed by atoms with Crippen LogP contribution in [0.25, 0.3) is 0 Å². The maximum absolute atomic E-state index is 11.4. The minimum absolute atomic E-state index is 0.120. The van der Waals surface area contributed by atoms with Crippen LogP contribution >= 0.6 is 11.6 Å². The van der Waals surface area contributed by atoms with Crippen molar-refractivity contribution in [3.63, 3.8) is 0 Å². The van der Waals surface area contributed by atoms with Gasteiger partial charge in [0.05, 0.1) is 4.92 Å². The second kappa shape index (κ2) is 4.13. The lowest BCUT2D eigenvalue weighted by Crippen LogP contribution is -2.19. The predicted octanol–water partition coefficient (Wildman–Crippen LogP) is 1.16. The van der Waals surface area contributed by atoms with Crippen molar-refractivity contribution in [3.05, 3.63) is 33.3 Å². The quantitative estimate of drug-likeness (QED) is 0.644.